The first-order valence-corrected chi connectivity index (χ1v) is 14.6. The minimum atomic E-state index is -1.17. The van der Waals surface area contributed by atoms with Gasteiger partial charge in [-0.05, 0) is 93.5 Å². The van der Waals surface area contributed by atoms with Crippen LogP contribution in [-0.2, 0) is 28.7 Å². The van der Waals surface area contributed by atoms with Crippen molar-refractivity contribution >= 4 is 23.7 Å². The van der Waals surface area contributed by atoms with E-state index in [2.05, 4.69) is 26.8 Å². The lowest BCUT2D eigenvalue weighted by molar-refractivity contribution is -0.194. The van der Waals surface area contributed by atoms with Crippen LogP contribution in [0.4, 0.5) is 0 Å². The Morgan fingerprint density at radius 3 is 2.41 bits per heavy atom. The van der Waals surface area contributed by atoms with Crippen molar-refractivity contribution in [1.29, 1.82) is 0 Å². The van der Waals surface area contributed by atoms with Gasteiger partial charge in [-0.1, -0.05) is 38.0 Å². The fourth-order valence-corrected chi connectivity index (χ4v) is 10.1. The number of esters is 2. The van der Waals surface area contributed by atoms with Crippen molar-refractivity contribution in [2.75, 3.05) is 0 Å². The van der Waals surface area contributed by atoms with E-state index in [0.29, 0.717) is 12.8 Å². The summed E-state index contributed by atoms with van der Waals surface area (Å²) in [4.78, 5) is 50.4. The SMILES string of the molecule is CC(=O)O[C@@H]1CC[C@@]2(C)[C@@H](CC=C3[C@@H]2CC[C@@]2(C)[C@H]4[C@H](C[C@]32C)OC(=O)[C@@H]4CC(=O)C=C(C)C)[C@]1(C)C(=O)O. The molecule has 1 N–H and O–H groups in total. The molecule has 5 rings (SSSR count). The maximum absolute atomic E-state index is 13.0. The number of hydrogen-bond donors (Lipinski definition) is 1. The predicted octanol–water partition coefficient (Wildman–Crippen LogP) is 5.66. The van der Waals surface area contributed by atoms with Gasteiger partial charge in [-0.15, -0.1) is 0 Å². The number of ketones is 1. The molecule has 0 aromatic carbocycles. The number of carbonyl (C=O) groups excluding carboxylic acids is 3. The van der Waals surface area contributed by atoms with Gasteiger partial charge in [0.15, 0.2) is 5.78 Å². The normalized spacial score (nSPS) is 46.0. The number of ether oxygens (including phenoxy) is 2. The van der Waals surface area contributed by atoms with Crippen LogP contribution in [0.3, 0.4) is 0 Å². The highest BCUT2D eigenvalue weighted by Gasteiger charge is 2.72. The summed E-state index contributed by atoms with van der Waals surface area (Å²) in [7, 11) is 0. The van der Waals surface area contributed by atoms with Crippen LogP contribution >= 0.6 is 0 Å². The van der Waals surface area contributed by atoms with Gasteiger partial charge in [0.05, 0.1) is 5.92 Å². The molecule has 4 fully saturated rings. The average Bonchev–Trinajstić information content (AvgIpc) is 3.24. The number of rotatable bonds is 5. The molecule has 0 unspecified atom stereocenters. The molecule has 7 nitrogen and oxygen atoms in total. The number of carboxylic acids is 1. The van der Waals surface area contributed by atoms with Gasteiger partial charge in [0.25, 0.3) is 0 Å². The molecule has 0 aromatic rings. The fourth-order valence-electron chi connectivity index (χ4n) is 10.1. The summed E-state index contributed by atoms with van der Waals surface area (Å²) in [6.45, 7) is 13.8. The van der Waals surface area contributed by atoms with Crippen molar-refractivity contribution in [3.8, 4) is 0 Å². The molecule has 0 spiro atoms. The van der Waals surface area contributed by atoms with Gasteiger partial charge in [-0.25, -0.2) is 0 Å². The summed E-state index contributed by atoms with van der Waals surface area (Å²) < 4.78 is 11.6. The third-order valence-corrected chi connectivity index (χ3v) is 12.1. The lowest BCUT2D eigenvalue weighted by Crippen LogP contribution is -2.61. The first-order chi connectivity index (χ1) is 18.1. The first kappa shape index (κ1) is 28.1. The first-order valence-electron chi connectivity index (χ1n) is 14.6. The van der Waals surface area contributed by atoms with E-state index in [1.54, 1.807) is 13.0 Å². The molecule has 4 aliphatic carbocycles. The van der Waals surface area contributed by atoms with Crippen LogP contribution in [0.25, 0.3) is 0 Å². The minimum Gasteiger partial charge on any atom is -0.481 e. The largest absolute Gasteiger partial charge is 0.481 e. The zero-order valence-electron chi connectivity index (χ0n) is 24.5. The van der Waals surface area contributed by atoms with E-state index in [0.717, 1.165) is 31.3 Å². The third kappa shape index (κ3) is 3.81. The zero-order chi connectivity index (χ0) is 28.7. The standard InChI is InChI=1S/C32H44O7/c1-17(2)14-19(34)15-20-26-23(39-27(20)35)16-31(6)22-8-9-24-29(4,21(22)10-13-30(26,31)5)12-11-25(38-18(3)33)32(24,7)28(36)37/h8,14,20-21,23-26H,9-13,15-16H2,1-7H3,(H,36,37)/t20-,21+,23+,24-,25-,26-,29-,30+,31-,32+/m1/s1. The molecule has 0 radical (unpaired) electrons. The number of fused-ring (bicyclic) bond motifs is 7. The highest BCUT2D eigenvalue weighted by molar-refractivity contribution is 5.93. The summed E-state index contributed by atoms with van der Waals surface area (Å²) >= 11 is 0. The van der Waals surface area contributed by atoms with Crippen LogP contribution in [0.15, 0.2) is 23.3 Å². The van der Waals surface area contributed by atoms with E-state index in [4.69, 9.17) is 9.47 Å². The summed E-state index contributed by atoms with van der Waals surface area (Å²) in [5.74, 6) is -1.98. The molecule has 10 atom stereocenters. The molecule has 0 bridgehead atoms. The predicted molar refractivity (Wildman–Crippen MR) is 144 cm³/mol. The Labute approximate surface area is 231 Å². The lowest BCUT2D eigenvalue weighted by Gasteiger charge is -2.63. The van der Waals surface area contributed by atoms with Crippen LogP contribution < -0.4 is 0 Å². The highest BCUT2D eigenvalue weighted by atomic mass is 16.6. The Hall–Kier alpha value is -2.44. The van der Waals surface area contributed by atoms with Crippen molar-refractivity contribution in [2.24, 2.45) is 45.3 Å². The Morgan fingerprint density at radius 2 is 1.79 bits per heavy atom. The third-order valence-electron chi connectivity index (χ3n) is 12.1. The van der Waals surface area contributed by atoms with Crippen molar-refractivity contribution in [1.82, 2.24) is 0 Å². The monoisotopic (exact) mass is 540 g/mol. The zero-order valence-corrected chi connectivity index (χ0v) is 24.5. The van der Waals surface area contributed by atoms with Gasteiger partial charge in [0, 0.05) is 19.3 Å². The Balaban J connectivity index is 1.51. The maximum Gasteiger partial charge on any atom is 0.313 e. The summed E-state index contributed by atoms with van der Waals surface area (Å²) in [5, 5.41) is 10.5. The van der Waals surface area contributed by atoms with E-state index < -0.39 is 29.4 Å². The second kappa shape index (κ2) is 9.04. The number of hydrogen-bond acceptors (Lipinski definition) is 6. The molecule has 214 valence electrons. The van der Waals surface area contributed by atoms with Crippen LogP contribution in [0.2, 0.25) is 0 Å². The Kier molecular flexibility index (Phi) is 6.51. The van der Waals surface area contributed by atoms with Crippen molar-refractivity contribution in [3.63, 3.8) is 0 Å². The summed E-state index contributed by atoms with van der Waals surface area (Å²) in [6.07, 6.45) is 7.76. The van der Waals surface area contributed by atoms with Crippen molar-refractivity contribution in [2.45, 2.75) is 106 Å². The molecule has 39 heavy (non-hydrogen) atoms. The molecule has 5 aliphatic rings. The maximum atomic E-state index is 13.0. The smallest absolute Gasteiger partial charge is 0.313 e. The van der Waals surface area contributed by atoms with Gasteiger partial charge in [0.2, 0.25) is 0 Å². The van der Waals surface area contributed by atoms with Gasteiger partial charge < -0.3 is 14.6 Å². The fraction of sp³-hybridized carbons (Fsp3) is 0.750. The minimum absolute atomic E-state index is 0.0131. The quantitative estimate of drug-likeness (QED) is 0.272. The Bertz CT molecular complexity index is 1180. The second-order valence-corrected chi connectivity index (χ2v) is 14.2. The number of aliphatic carboxylic acids is 1. The molecule has 3 saturated carbocycles. The van der Waals surface area contributed by atoms with Crippen LogP contribution in [0.1, 0.15) is 93.4 Å². The van der Waals surface area contributed by atoms with Gasteiger partial charge in [-0.2, -0.15) is 0 Å². The van der Waals surface area contributed by atoms with Gasteiger partial charge in [0.1, 0.15) is 17.6 Å². The summed E-state index contributed by atoms with van der Waals surface area (Å²) in [5.41, 5.74) is 0.498. The molecular weight excluding hydrogens is 496 g/mol. The molecular formula is C32H44O7. The Morgan fingerprint density at radius 1 is 1.10 bits per heavy atom. The molecule has 1 heterocycles. The molecule has 0 aromatic heterocycles. The molecule has 0 amide bonds. The van der Waals surface area contributed by atoms with Gasteiger partial charge >= 0.3 is 17.9 Å². The van der Waals surface area contributed by atoms with E-state index in [9.17, 15) is 24.3 Å². The van der Waals surface area contributed by atoms with E-state index >= 15 is 0 Å². The van der Waals surface area contributed by atoms with Crippen molar-refractivity contribution in [3.05, 3.63) is 23.3 Å². The van der Waals surface area contributed by atoms with E-state index in [1.165, 1.54) is 12.5 Å². The van der Waals surface area contributed by atoms with Crippen LogP contribution in [0, 0.1) is 45.3 Å². The average molecular weight is 541 g/mol. The summed E-state index contributed by atoms with van der Waals surface area (Å²) in [6, 6.07) is 0. The van der Waals surface area contributed by atoms with Crippen LogP contribution in [-0.4, -0.2) is 41.0 Å². The number of carboxylic acid groups (broad SMARTS) is 1. The highest BCUT2D eigenvalue weighted by Crippen LogP contribution is 2.74. The van der Waals surface area contributed by atoms with Gasteiger partial charge in [-0.3, -0.25) is 19.2 Å². The molecule has 1 aliphatic heterocycles. The molecule has 7 heteroatoms. The van der Waals surface area contributed by atoms with E-state index in [1.807, 2.05) is 13.8 Å². The lowest BCUT2D eigenvalue weighted by atomic mass is 9.40. The topological polar surface area (TPSA) is 107 Å². The van der Waals surface area contributed by atoms with Crippen molar-refractivity contribution < 1.29 is 33.8 Å². The van der Waals surface area contributed by atoms with E-state index in [-0.39, 0.29) is 58.3 Å². The second-order valence-electron chi connectivity index (χ2n) is 14.2. The number of carbonyl (C=O) groups is 4. The van der Waals surface area contributed by atoms with Crippen LogP contribution in [0.5, 0.6) is 0 Å². The number of allylic oxidation sites excluding steroid dienone is 4. The molecule has 1 saturated heterocycles.